The number of carbonyl (C=O) groups excluding carboxylic acids is 1. The molecule has 5 nitrogen and oxygen atoms in total. The summed E-state index contributed by atoms with van der Waals surface area (Å²) in [5, 5.41) is 14.4. The number of hydrogen-bond acceptors (Lipinski definition) is 3. The van der Waals surface area contributed by atoms with E-state index < -0.39 is 12.0 Å². The van der Waals surface area contributed by atoms with Gasteiger partial charge in [0.05, 0.1) is 0 Å². The largest absolute Gasteiger partial charge is 0.480 e. The van der Waals surface area contributed by atoms with E-state index in [9.17, 15) is 9.59 Å². The van der Waals surface area contributed by atoms with Gasteiger partial charge in [-0.3, -0.25) is 4.79 Å². The van der Waals surface area contributed by atoms with Crippen molar-refractivity contribution in [2.45, 2.75) is 44.7 Å². The first-order valence-electron chi connectivity index (χ1n) is 5.18. The van der Waals surface area contributed by atoms with E-state index >= 15 is 0 Å². The Morgan fingerprint density at radius 3 is 2.40 bits per heavy atom. The number of carboxylic acid groups (broad SMARTS) is 1. The first-order chi connectivity index (χ1) is 6.93. The van der Waals surface area contributed by atoms with Crippen LogP contribution >= 0.6 is 0 Å². The van der Waals surface area contributed by atoms with Gasteiger partial charge in [0.25, 0.3) is 0 Å². The number of carboxylic acids is 1. The normalized spacial score (nSPS) is 20.1. The molecule has 0 aromatic carbocycles. The summed E-state index contributed by atoms with van der Waals surface area (Å²) in [7, 11) is 0. The van der Waals surface area contributed by atoms with E-state index in [-0.39, 0.29) is 18.0 Å². The van der Waals surface area contributed by atoms with Gasteiger partial charge in [0.2, 0.25) is 5.91 Å². The Bertz CT molecular complexity index is 261. The molecule has 0 saturated heterocycles. The SMILES string of the molecule is CC(=O)NC(CNC1(C)CCC1)C(=O)O. The molecule has 0 heterocycles. The molecule has 3 N–H and O–H groups in total. The van der Waals surface area contributed by atoms with E-state index in [1.165, 1.54) is 13.3 Å². The van der Waals surface area contributed by atoms with Gasteiger partial charge < -0.3 is 15.7 Å². The van der Waals surface area contributed by atoms with E-state index in [4.69, 9.17) is 5.11 Å². The number of aliphatic carboxylic acids is 1. The molecule has 1 unspecified atom stereocenters. The predicted octanol–water partition coefficient (Wildman–Crippen LogP) is 0.108. The predicted molar refractivity (Wildman–Crippen MR) is 55.5 cm³/mol. The Kier molecular flexibility index (Phi) is 3.68. The fourth-order valence-electron chi connectivity index (χ4n) is 1.68. The van der Waals surface area contributed by atoms with Gasteiger partial charge in [-0.25, -0.2) is 4.79 Å². The molecule has 1 amide bonds. The minimum absolute atomic E-state index is 0.0617. The smallest absolute Gasteiger partial charge is 0.327 e. The highest BCUT2D eigenvalue weighted by molar-refractivity contribution is 5.82. The van der Waals surface area contributed by atoms with Crippen LogP contribution in [0, 0.1) is 0 Å². The molecule has 0 aromatic heterocycles. The van der Waals surface area contributed by atoms with Gasteiger partial charge in [0, 0.05) is 19.0 Å². The van der Waals surface area contributed by atoms with Crippen molar-refractivity contribution < 1.29 is 14.7 Å². The van der Waals surface area contributed by atoms with Crippen LogP contribution in [-0.2, 0) is 9.59 Å². The number of amides is 1. The average molecular weight is 214 g/mol. The third-order valence-electron chi connectivity index (χ3n) is 2.87. The topological polar surface area (TPSA) is 78.4 Å². The van der Waals surface area contributed by atoms with Crippen molar-refractivity contribution in [3.05, 3.63) is 0 Å². The summed E-state index contributed by atoms with van der Waals surface area (Å²) in [6, 6.07) is -0.833. The van der Waals surface area contributed by atoms with Crippen molar-refractivity contribution in [2.75, 3.05) is 6.54 Å². The van der Waals surface area contributed by atoms with Crippen molar-refractivity contribution >= 4 is 11.9 Å². The van der Waals surface area contributed by atoms with E-state index in [1.54, 1.807) is 0 Å². The summed E-state index contributed by atoms with van der Waals surface area (Å²) >= 11 is 0. The van der Waals surface area contributed by atoms with Crippen molar-refractivity contribution in [1.82, 2.24) is 10.6 Å². The zero-order valence-electron chi connectivity index (χ0n) is 9.17. The molecule has 15 heavy (non-hydrogen) atoms. The van der Waals surface area contributed by atoms with Crippen LogP contribution < -0.4 is 10.6 Å². The molecule has 1 atom stereocenters. The summed E-state index contributed by atoms with van der Waals surface area (Å²) in [5.74, 6) is -1.32. The Hall–Kier alpha value is -1.10. The monoisotopic (exact) mass is 214 g/mol. The van der Waals surface area contributed by atoms with Gasteiger partial charge in [-0.1, -0.05) is 0 Å². The quantitative estimate of drug-likeness (QED) is 0.607. The molecule has 0 radical (unpaired) electrons. The lowest BCUT2D eigenvalue weighted by Gasteiger charge is -2.40. The highest BCUT2D eigenvalue weighted by atomic mass is 16.4. The van der Waals surface area contributed by atoms with Crippen LogP contribution in [0.3, 0.4) is 0 Å². The zero-order chi connectivity index (χ0) is 11.5. The Labute approximate surface area is 89.2 Å². The molecule has 1 saturated carbocycles. The first kappa shape index (κ1) is 12.0. The van der Waals surface area contributed by atoms with Gasteiger partial charge in [0.1, 0.15) is 6.04 Å². The number of rotatable bonds is 5. The number of nitrogens with one attached hydrogen (secondary N) is 2. The molecular weight excluding hydrogens is 196 g/mol. The van der Waals surface area contributed by atoms with E-state index in [0.29, 0.717) is 0 Å². The molecular formula is C10H18N2O3. The van der Waals surface area contributed by atoms with Crippen LogP contribution in [0.2, 0.25) is 0 Å². The number of carbonyl (C=O) groups is 2. The summed E-state index contributed by atoms with van der Waals surface area (Å²) in [6.07, 6.45) is 3.32. The Morgan fingerprint density at radius 2 is 2.07 bits per heavy atom. The zero-order valence-corrected chi connectivity index (χ0v) is 9.17. The van der Waals surface area contributed by atoms with Crippen LogP contribution in [-0.4, -0.2) is 35.1 Å². The summed E-state index contributed by atoms with van der Waals surface area (Å²) < 4.78 is 0. The summed E-state index contributed by atoms with van der Waals surface area (Å²) in [4.78, 5) is 21.6. The molecule has 1 rings (SSSR count). The maximum absolute atomic E-state index is 10.8. The van der Waals surface area contributed by atoms with Gasteiger partial charge >= 0.3 is 5.97 Å². The van der Waals surface area contributed by atoms with E-state index in [2.05, 4.69) is 17.6 Å². The van der Waals surface area contributed by atoms with Crippen LogP contribution in [0.5, 0.6) is 0 Å². The third-order valence-corrected chi connectivity index (χ3v) is 2.87. The Morgan fingerprint density at radius 1 is 1.47 bits per heavy atom. The van der Waals surface area contributed by atoms with Crippen LogP contribution in [0.4, 0.5) is 0 Å². The van der Waals surface area contributed by atoms with E-state index in [1.807, 2.05) is 0 Å². The summed E-state index contributed by atoms with van der Waals surface area (Å²) in [6.45, 7) is 3.68. The van der Waals surface area contributed by atoms with Crippen LogP contribution in [0.1, 0.15) is 33.1 Å². The molecule has 0 bridgehead atoms. The lowest BCUT2D eigenvalue weighted by Crippen LogP contribution is -2.55. The second kappa shape index (κ2) is 4.61. The summed E-state index contributed by atoms with van der Waals surface area (Å²) in [5.41, 5.74) is 0.0617. The van der Waals surface area contributed by atoms with Crippen molar-refractivity contribution in [3.8, 4) is 0 Å². The van der Waals surface area contributed by atoms with E-state index in [0.717, 1.165) is 12.8 Å². The molecule has 86 valence electrons. The van der Waals surface area contributed by atoms with Gasteiger partial charge in [-0.05, 0) is 26.2 Å². The maximum Gasteiger partial charge on any atom is 0.327 e. The molecule has 0 aromatic rings. The van der Waals surface area contributed by atoms with Gasteiger partial charge in [0.15, 0.2) is 0 Å². The second-order valence-corrected chi connectivity index (χ2v) is 4.39. The van der Waals surface area contributed by atoms with Gasteiger partial charge in [-0.15, -0.1) is 0 Å². The maximum atomic E-state index is 10.8. The molecule has 1 aliphatic carbocycles. The average Bonchev–Trinajstić information content (AvgIpc) is 2.08. The molecule has 1 fully saturated rings. The van der Waals surface area contributed by atoms with Crippen LogP contribution in [0.15, 0.2) is 0 Å². The minimum Gasteiger partial charge on any atom is -0.480 e. The fraction of sp³-hybridized carbons (Fsp3) is 0.800. The third kappa shape index (κ3) is 3.51. The molecule has 0 aliphatic heterocycles. The van der Waals surface area contributed by atoms with Crippen molar-refractivity contribution in [3.63, 3.8) is 0 Å². The standard InChI is InChI=1S/C10H18N2O3/c1-7(13)12-8(9(14)15)6-11-10(2)4-3-5-10/h8,11H,3-6H2,1-2H3,(H,12,13)(H,14,15). The lowest BCUT2D eigenvalue weighted by molar-refractivity contribution is -0.141. The van der Waals surface area contributed by atoms with Crippen LogP contribution in [0.25, 0.3) is 0 Å². The fourth-order valence-corrected chi connectivity index (χ4v) is 1.68. The molecule has 1 aliphatic rings. The molecule has 5 heteroatoms. The number of hydrogen-bond donors (Lipinski definition) is 3. The first-order valence-corrected chi connectivity index (χ1v) is 5.18. The molecule has 0 spiro atoms. The highest BCUT2D eigenvalue weighted by Gasteiger charge is 2.32. The highest BCUT2D eigenvalue weighted by Crippen LogP contribution is 2.30. The Balaban J connectivity index is 2.37. The van der Waals surface area contributed by atoms with Crippen molar-refractivity contribution in [2.24, 2.45) is 0 Å². The lowest BCUT2D eigenvalue weighted by atomic mass is 9.78. The minimum atomic E-state index is -0.999. The second-order valence-electron chi connectivity index (χ2n) is 4.39. The van der Waals surface area contributed by atoms with Gasteiger partial charge in [-0.2, -0.15) is 0 Å². The van der Waals surface area contributed by atoms with Crippen molar-refractivity contribution in [1.29, 1.82) is 0 Å².